The Labute approximate surface area is 110 Å². The van der Waals surface area contributed by atoms with E-state index in [-0.39, 0.29) is 12.1 Å². The molecule has 1 aliphatic heterocycles. The number of carbonyl (C=O) groups excluding carboxylic acids is 1. The maximum Gasteiger partial charge on any atom is 0.410 e. The fourth-order valence-corrected chi connectivity index (χ4v) is 2.11. The van der Waals surface area contributed by atoms with Gasteiger partial charge in [0.05, 0.1) is 0 Å². The van der Waals surface area contributed by atoms with Crippen LogP contribution in [-0.2, 0) is 4.74 Å². The number of allylic oxidation sites excluding steroid dienone is 1. The number of nitrogens with zero attached hydrogens (tertiary/aromatic N) is 1. The van der Waals surface area contributed by atoms with Crippen molar-refractivity contribution >= 4 is 6.09 Å². The van der Waals surface area contributed by atoms with Crippen molar-refractivity contribution < 1.29 is 9.53 Å². The van der Waals surface area contributed by atoms with E-state index in [0.29, 0.717) is 12.5 Å². The van der Waals surface area contributed by atoms with Crippen molar-refractivity contribution in [3.8, 4) is 0 Å². The third-order valence-corrected chi connectivity index (χ3v) is 2.95. The Morgan fingerprint density at radius 3 is 2.56 bits per heavy atom. The second-order valence-electron chi connectivity index (χ2n) is 6.30. The molecule has 2 N–H and O–H groups in total. The minimum Gasteiger partial charge on any atom is -0.444 e. The molecule has 2 atom stereocenters. The molecular weight excluding hydrogens is 228 g/mol. The lowest BCUT2D eigenvalue weighted by Crippen LogP contribution is -2.37. The molecule has 1 saturated heterocycles. The fourth-order valence-electron chi connectivity index (χ4n) is 2.11. The first-order valence-corrected chi connectivity index (χ1v) is 6.57. The van der Waals surface area contributed by atoms with E-state index < -0.39 is 5.60 Å². The van der Waals surface area contributed by atoms with Gasteiger partial charge >= 0.3 is 6.09 Å². The van der Waals surface area contributed by atoms with Gasteiger partial charge in [0.2, 0.25) is 0 Å². The summed E-state index contributed by atoms with van der Waals surface area (Å²) < 4.78 is 5.36. The molecule has 0 spiro atoms. The number of hydrogen-bond donors (Lipinski definition) is 1. The SMILES string of the molecule is CC(C)=CC(N)C1CCN(C(=O)OC(C)(C)C)C1. The molecule has 104 valence electrons. The summed E-state index contributed by atoms with van der Waals surface area (Å²) in [6.45, 7) is 11.2. The predicted octanol–water partition coefficient (Wildman–Crippen LogP) is 2.54. The van der Waals surface area contributed by atoms with Gasteiger partial charge in [-0.25, -0.2) is 4.79 Å². The van der Waals surface area contributed by atoms with Crippen LogP contribution in [0.15, 0.2) is 11.6 Å². The average Bonchev–Trinajstić information content (AvgIpc) is 2.61. The van der Waals surface area contributed by atoms with Crippen LogP contribution in [0.4, 0.5) is 4.79 Å². The largest absolute Gasteiger partial charge is 0.444 e. The monoisotopic (exact) mass is 254 g/mol. The number of hydrogen-bond acceptors (Lipinski definition) is 3. The van der Waals surface area contributed by atoms with E-state index in [1.54, 1.807) is 4.90 Å². The van der Waals surface area contributed by atoms with Crippen LogP contribution in [0.2, 0.25) is 0 Å². The summed E-state index contributed by atoms with van der Waals surface area (Å²) in [7, 11) is 0. The fraction of sp³-hybridized carbons (Fsp3) is 0.786. The van der Waals surface area contributed by atoms with Gasteiger partial charge in [0.1, 0.15) is 5.60 Å². The second-order valence-corrected chi connectivity index (χ2v) is 6.30. The first-order valence-electron chi connectivity index (χ1n) is 6.57. The Bertz CT molecular complexity index is 327. The molecule has 1 rings (SSSR count). The van der Waals surface area contributed by atoms with Gasteiger partial charge in [-0.3, -0.25) is 0 Å². The van der Waals surface area contributed by atoms with Gasteiger partial charge in [-0.2, -0.15) is 0 Å². The summed E-state index contributed by atoms with van der Waals surface area (Å²) in [6.07, 6.45) is 2.79. The number of likely N-dealkylation sites (tertiary alicyclic amines) is 1. The van der Waals surface area contributed by atoms with Crippen LogP contribution in [-0.4, -0.2) is 35.7 Å². The topological polar surface area (TPSA) is 55.6 Å². The number of ether oxygens (including phenoxy) is 1. The highest BCUT2D eigenvalue weighted by Crippen LogP contribution is 2.22. The molecule has 4 nitrogen and oxygen atoms in total. The molecule has 1 amide bonds. The predicted molar refractivity (Wildman–Crippen MR) is 73.3 cm³/mol. The van der Waals surface area contributed by atoms with E-state index >= 15 is 0 Å². The van der Waals surface area contributed by atoms with Gasteiger partial charge in [-0.1, -0.05) is 11.6 Å². The van der Waals surface area contributed by atoms with Crippen LogP contribution in [0, 0.1) is 5.92 Å². The van der Waals surface area contributed by atoms with E-state index in [9.17, 15) is 4.79 Å². The van der Waals surface area contributed by atoms with Gasteiger partial charge in [-0.05, 0) is 47.0 Å². The van der Waals surface area contributed by atoms with E-state index in [0.717, 1.165) is 13.0 Å². The zero-order chi connectivity index (χ0) is 13.9. The highest BCUT2D eigenvalue weighted by atomic mass is 16.6. The highest BCUT2D eigenvalue weighted by molar-refractivity contribution is 5.68. The molecule has 4 heteroatoms. The molecular formula is C14H26N2O2. The Morgan fingerprint density at radius 1 is 1.44 bits per heavy atom. The molecule has 0 radical (unpaired) electrons. The lowest BCUT2D eigenvalue weighted by atomic mass is 9.98. The summed E-state index contributed by atoms with van der Waals surface area (Å²) in [5.74, 6) is 0.340. The first-order chi connectivity index (χ1) is 8.19. The molecule has 2 unspecified atom stereocenters. The summed E-state index contributed by atoms with van der Waals surface area (Å²) in [5, 5.41) is 0. The van der Waals surface area contributed by atoms with Crippen LogP contribution in [0.3, 0.4) is 0 Å². The molecule has 1 fully saturated rings. The van der Waals surface area contributed by atoms with Gasteiger partial charge < -0.3 is 15.4 Å². The molecule has 0 bridgehead atoms. The molecule has 1 aliphatic rings. The number of rotatable bonds is 2. The number of nitrogens with two attached hydrogens (primary N) is 1. The van der Waals surface area contributed by atoms with Crippen LogP contribution < -0.4 is 5.73 Å². The van der Waals surface area contributed by atoms with Crippen molar-refractivity contribution in [2.24, 2.45) is 11.7 Å². The lowest BCUT2D eigenvalue weighted by Gasteiger charge is -2.24. The average molecular weight is 254 g/mol. The molecule has 1 heterocycles. The van der Waals surface area contributed by atoms with E-state index in [4.69, 9.17) is 10.5 Å². The van der Waals surface area contributed by atoms with Crippen molar-refractivity contribution in [1.29, 1.82) is 0 Å². The Hall–Kier alpha value is -1.03. The zero-order valence-corrected chi connectivity index (χ0v) is 12.2. The molecule has 0 aromatic carbocycles. The maximum absolute atomic E-state index is 11.9. The highest BCUT2D eigenvalue weighted by Gasteiger charge is 2.31. The summed E-state index contributed by atoms with van der Waals surface area (Å²) in [6, 6.07) is 0.0300. The Kier molecular flexibility index (Phi) is 4.79. The second kappa shape index (κ2) is 5.74. The smallest absolute Gasteiger partial charge is 0.410 e. The third kappa shape index (κ3) is 4.69. The van der Waals surface area contributed by atoms with Crippen LogP contribution in [0.25, 0.3) is 0 Å². The van der Waals surface area contributed by atoms with Crippen molar-refractivity contribution in [3.63, 3.8) is 0 Å². The van der Waals surface area contributed by atoms with E-state index in [2.05, 4.69) is 6.08 Å². The Balaban J connectivity index is 2.51. The summed E-state index contributed by atoms with van der Waals surface area (Å²) >= 11 is 0. The minimum absolute atomic E-state index is 0.0300. The quantitative estimate of drug-likeness (QED) is 0.770. The first kappa shape index (κ1) is 15.0. The molecule has 0 aromatic heterocycles. The standard InChI is InChI=1S/C14H26N2O2/c1-10(2)8-12(15)11-6-7-16(9-11)13(17)18-14(3,4)5/h8,11-12H,6-7,9,15H2,1-5H3. The molecule has 0 aliphatic carbocycles. The number of amides is 1. The van der Waals surface area contributed by atoms with Gasteiger partial charge in [-0.15, -0.1) is 0 Å². The van der Waals surface area contributed by atoms with Crippen LogP contribution in [0.1, 0.15) is 41.0 Å². The van der Waals surface area contributed by atoms with Crippen molar-refractivity contribution in [1.82, 2.24) is 4.90 Å². The van der Waals surface area contributed by atoms with Gasteiger partial charge in [0.25, 0.3) is 0 Å². The van der Waals surface area contributed by atoms with E-state index in [1.165, 1.54) is 5.57 Å². The Morgan fingerprint density at radius 2 is 2.06 bits per heavy atom. The van der Waals surface area contributed by atoms with Crippen molar-refractivity contribution in [2.75, 3.05) is 13.1 Å². The van der Waals surface area contributed by atoms with Crippen LogP contribution >= 0.6 is 0 Å². The lowest BCUT2D eigenvalue weighted by molar-refractivity contribution is 0.0287. The summed E-state index contributed by atoms with van der Waals surface area (Å²) in [5.41, 5.74) is 6.90. The number of carbonyl (C=O) groups is 1. The zero-order valence-electron chi connectivity index (χ0n) is 12.2. The van der Waals surface area contributed by atoms with Gasteiger partial charge in [0, 0.05) is 19.1 Å². The van der Waals surface area contributed by atoms with Crippen molar-refractivity contribution in [3.05, 3.63) is 11.6 Å². The minimum atomic E-state index is -0.433. The maximum atomic E-state index is 11.9. The van der Waals surface area contributed by atoms with Gasteiger partial charge in [0.15, 0.2) is 0 Å². The molecule has 0 aromatic rings. The van der Waals surface area contributed by atoms with Crippen molar-refractivity contribution in [2.45, 2.75) is 52.7 Å². The third-order valence-electron chi connectivity index (χ3n) is 2.95. The molecule has 18 heavy (non-hydrogen) atoms. The van der Waals surface area contributed by atoms with Crippen LogP contribution in [0.5, 0.6) is 0 Å². The van der Waals surface area contributed by atoms with E-state index in [1.807, 2.05) is 34.6 Å². The molecule has 0 saturated carbocycles. The summed E-state index contributed by atoms with van der Waals surface area (Å²) in [4.78, 5) is 13.7. The normalized spacial score (nSPS) is 21.7.